The normalized spacial score (nSPS) is 11.0. The van der Waals surface area contributed by atoms with Crippen molar-refractivity contribution < 1.29 is 32.2 Å². The number of thiophene rings is 1. The highest BCUT2D eigenvalue weighted by atomic mass is 32.2. The molecule has 1 N–H and O–H groups in total. The lowest BCUT2D eigenvalue weighted by molar-refractivity contribution is 0.0526. The van der Waals surface area contributed by atoms with E-state index in [1.165, 1.54) is 24.6 Å². The number of hydrogen-bond acceptors (Lipinski definition) is 8. The Morgan fingerprint density at radius 3 is 2.36 bits per heavy atom. The minimum atomic E-state index is -4.09. The highest BCUT2D eigenvalue weighted by Gasteiger charge is 2.29. The summed E-state index contributed by atoms with van der Waals surface area (Å²) >= 11 is 1.00. The van der Waals surface area contributed by atoms with Gasteiger partial charge in [0.15, 0.2) is 11.5 Å². The Labute approximate surface area is 214 Å². The molecule has 0 fully saturated rings. The van der Waals surface area contributed by atoms with Crippen LogP contribution in [-0.4, -0.2) is 47.2 Å². The van der Waals surface area contributed by atoms with Crippen molar-refractivity contribution in [2.24, 2.45) is 0 Å². The van der Waals surface area contributed by atoms with Gasteiger partial charge in [-0.05, 0) is 62.5 Å². The first kappa shape index (κ1) is 27.0. The fourth-order valence-corrected chi connectivity index (χ4v) is 5.80. The Morgan fingerprint density at radius 2 is 1.67 bits per heavy atom. The molecule has 0 saturated heterocycles. The number of rotatable bonds is 11. The quantitative estimate of drug-likeness (QED) is 0.353. The predicted octanol–water partition coefficient (Wildman–Crippen LogP) is 4.80. The van der Waals surface area contributed by atoms with Crippen LogP contribution in [0.2, 0.25) is 0 Å². The third-order valence-electron chi connectivity index (χ3n) is 5.00. The number of esters is 1. The fourth-order valence-electron chi connectivity index (χ4n) is 3.31. The van der Waals surface area contributed by atoms with E-state index >= 15 is 0 Å². The Hall–Kier alpha value is -3.57. The van der Waals surface area contributed by atoms with Gasteiger partial charge in [-0.25, -0.2) is 13.2 Å². The molecule has 1 heterocycles. The molecule has 0 atom stereocenters. The first-order valence-electron chi connectivity index (χ1n) is 11.3. The van der Waals surface area contributed by atoms with E-state index in [9.17, 15) is 18.0 Å². The van der Waals surface area contributed by atoms with Gasteiger partial charge >= 0.3 is 5.97 Å². The number of anilines is 2. The topological polar surface area (TPSA) is 111 Å². The Morgan fingerprint density at radius 1 is 0.944 bits per heavy atom. The summed E-state index contributed by atoms with van der Waals surface area (Å²) in [7, 11) is -2.68. The minimum absolute atomic E-state index is 0.0133. The summed E-state index contributed by atoms with van der Waals surface area (Å²) in [6.07, 6.45) is 0. The van der Waals surface area contributed by atoms with E-state index in [4.69, 9.17) is 14.2 Å². The van der Waals surface area contributed by atoms with Crippen molar-refractivity contribution in [1.82, 2.24) is 0 Å². The second-order valence-corrected chi connectivity index (χ2v) is 10.2. The Kier molecular flexibility index (Phi) is 8.94. The molecule has 0 spiro atoms. The van der Waals surface area contributed by atoms with Gasteiger partial charge in [0, 0.05) is 18.8 Å². The van der Waals surface area contributed by atoms with Crippen LogP contribution in [0.5, 0.6) is 11.5 Å². The number of benzene rings is 2. The van der Waals surface area contributed by atoms with Gasteiger partial charge in [-0.2, -0.15) is 0 Å². The van der Waals surface area contributed by atoms with Crippen molar-refractivity contribution in [3.63, 3.8) is 0 Å². The lowest BCUT2D eigenvalue weighted by Crippen LogP contribution is -2.28. The smallest absolute Gasteiger partial charge is 0.338 e. The molecule has 0 aliphatic carbocycles. The van der Waals surface area contributed by atoms with Crippen LogP contribution in [0.3, 0.4) is 0 Å². The molecular weight excluding hydrogens is 504 g/mol. The van der Waals surface area contributed by atoms with Crippen LogP contribution in [-0.2, 0) is 14.8 Å². The predicted molar refractivity (Wildman–Crippen MR) is 139 cm³/mol. The number of carbonyl (C=O) groups excluding carboxylic acids is 2. The van der Waals surface area contributed by atoms with E-state index in [0.29, 0.717) is 36.1 Å². The molecule has 11 heteroatoms. The van der Waals surface area contributed by atoms with Crippen LogP contribution in [0, 0.1) is 0 Å². The van der Waals surface area contributed by atoms with E-state index in [2.05, 4.69) is 5.32 Å². The molecule has 0 bridgehead atoms. The maximum Gasteiger partial charge on any atom is 0.338 e. The molecule has 9 nitrogen and oxygen atoms in total. The third-order valence-corrected chi connectivity index (χ3v) is 7.87. The van der Waals surface area contributed by atoms with Gasteiger partial charge in [0.1, 0.15) is 9.77 Å². The van der Waals surface area contributed by atoms with E-state index in [0.717, 1.165) is 15.6 Å². The molecule has 192 valence electrons. The van der Waals surface area contributed by atoms with Crippen LogP contribution in [0.25, 0.3) is 0 Å². The SMILES string of the molecule is CCOC(=O)c1cccc(NC(=O)c2sccc2S(=O)(=O)N(C)c2ccc(OCC)c(OCC)c2)c1. The number of amides is 1. The van der Waals surface area contributed by atoms with E-state index in [1.54, 1.807) is 43.3 Å². The molecule has 0 saturated carbocycles. The lowest BCUT2D eigenvalue weighted by atomic mass is 10.2. The molecular formula is C25H28N2O7S2. The average molecular weight is 533 g/mol. The molecule has 1 aromatic heterocycles. The fraction of sp³-hybridized carbons (Fsp3) is 0.280. The second-order valence-electron chi connectivity index (χ2n) is 7.34. The van der Waals surface area contributed by atoms with Gasteiger partial charge in [0.2, 0.25) is 0 Å². The zero-order chi connectivity index (χ0) is 26.3. The Balaban J connectivity index is 1.87. The van der Waals surface area contributed by atoms with Crippen LogP contribution >= 0.6 is 11.3 Å². The maximum absolute atomic E-state index is 13.5. The summed E-state index contributed by atoms with van der Waals surface area (Å²) in [6, 6.07) is 12.5. The zero-order valence-corrected chi connectivity index (χ0v) is 22.1. The summed E-state index contributed by atoms with van der Waals surface area (Å²) in [4.78, 5) is 24.9. The minimum Gasteiger partial charge on any atom is -0.490 e. The lowest BCUT2D eigenvalue weighted by Gasteiger charge is -2.21. The number of hydrogen-bond donors (Lipinski definition) is 1. The summed E-state index contributed by atoms with van der Waals surface area (Å²) in [5.74, 6) is -0.200. The molecule has 0 unspecified atom stereocenters. The van der Waals surface area contributed by atoms with E-state index in [1.807, 2.05) is 13.8 Å². The highest BCUT2D eigenvalue weighted by molar-refractivity contribution is 7.93. The number of nitrogens with zero attached hydrogens (tertiary/aromatic N) is 1. The molecule has 0 aliphatic rings. The molecule has 0 aliphatic heterocycles. The molecule has 3 aromatic rings. The first-order chi connectivity index (χ1) is 17.2. The second kappa shape index (κ2) is 11.9. The summed E-state index contributed by atoms with van der Waals surface area (Å²) in [5.41, 5.74) is 0.958. The first-order valence-corrected chi connectivity index (χ1v) is 13.6. The largest absolute Gasteiger partial charge is 0.490 e. The number of carbonyl (C=O) groups is 2. The highest BCUT2D eigenvalue weighted by Crippen LogP contribution is 2.35. The van der Waals surface area contributed by atoms with Crippen LogP contribution in [0.4, 0.5) is 11.4 Å². The van der Waals surface area contributed by atoms with Crippen molar-refractivity contribution in [3.05, 3.63) is 64.4 Å². The van der Waals surface area contributed by atoms with Crippen LogP contribution < -0.4 is 19.1 Å². The van der Waals surface area contributed by atoms with Gasteiger partial charge in [0.25, 0.3) is 15.9 Å². The van der Waals surface area contributed by atoms with Crippen molar-refractivity contribution in [3.8, 4) is 11.5 Å². The molecule has 1 amide bonds. The summed E-state index contributed by atoms with van der Waals surface area (Å²) in [6.45, 7) is 6.40. The molecule has 36 heavy (non-hydrogen) atoms. The summed E-state index contributed by atoms with van der Waals surface area (Å²) in [5, 5.41) is 4.20. The van der Waals surface area contributed by atoms with Crippen molar-refractivity contribution >= 4 is 44.6 Å². The monoisotopic (exact) mass is 532 g/mol. The van der Waals surface area contributed by atoms with Crippen LogP contribution in [0.15, 0.2) is 58.8 Å². The van der Waals surface area contributed by atoms with Gasteiger partial charge in [-0.3, -0.25) is 9.10 Å². The standard InChI is InChI=1S/C25H28N2O7S2/c1-5-32-20-12-11-19(16-21(20)33-6-2)27(4)36(30,31)22-13-14-35-23(22)24(28)26-18-10-8-9-17(15-18)25(29)34-7-3/h8-16H,5-7H2,1-4H3,(H,26,28). The van der Waals surface area contributed by atoms with E-state index in [-0.39, 0.29) is 21.9 Å². The average Bonchev–Trinajstić information content (AvgIpc) is 3.36. The number of sulfonamides is 1. The zero-order valence-electron chi connectivity index (χ0n) is 20.4. The third kappa shape index (κ3) is 5.97. The maximum atomic E-state index is 13.5. The van der Waals surface area contributed by atoms with Crippen molar-refractivity contribution in [2.45, 2.75) is 25.7 Å². The van der Waals surface area contributed by atoms with Crippen molar-refractivity contribution in [2.75, 3.05) is 36.5 Å². The number of nitrogens with one attached hydrogen (secondary N) is 1. The molecule has 3 rings (SSSR count). The van der Waals surface area contributed by atoms with E-state index < -0.39 is 21.9 Å². The Bertz CT molecular complexity index is 1340. The van der Waals surface area contributed by atoms with Gasteiger partial charge in [-0.1, -0.05) is 6.07 Å². The molecule has 2 aromatic carbocycles. The van der Waals surface area contributed by atoms with Gasteiger partial charge < -0.3 is 19.5 Å². The summed E-state index contributed by atoms with van der Waals surface area (Å²) < 4.78 is 44.2. The van der Waals surface area contributed by atoms with Crippen LogP contribution in [0.1, 0.15) is 40.8 Å². The van der Waals surface area contributed by atoms with Crippen molar-refractivity contribution in [1.29, 1.82) is 0 Å². The molecule has 0 radical (unpaired) electrons. The number of ether oxygens (including phenoxy) is 3. The van der Waals surface area contributed by atoms with Gasteiger partial charge in [-0.15, -0.1) is 11.3 Å². The van der Waals surface area contributed by atoms with Gasteiger partial charge in [0.05, 0.1) is 31.1 Å².